The number of carbonyl (C=O) groups is 2. The summed E-state index contributed by atoms with van der Waals surface area (Å²) in [5.74, 6) is -1.59. The van der Waals surface area contributed by atoms with Crippen molar-refractivity contribution in [1.82, 2.24) is 15.1 Å². The number of hydrogen-bond donors (Lipinski definition) is 2. The van der Waals surface area contributed by atoms with Gasteiger partial charge in [0.15, 0.2) is 5.69 Å². The SMILES string of the molecule is O=C(O)[C@H]1CCCN1C(=O)c1n[nH]c2ccc([N+](=O)[O-])cc12. The van der Waals surface area contributed by atoms with E-state index in [4.69, 9.17) is 5.11 Å². The molecule has 1 saturated heterocycles. The zero-order chi connectivity index (χ0) is 15.9. The molecule has 9 heteroatoms. The second-order valence-corrected chi connectivity index (χ2v) is 5.05. The molecule has 114 valence electrons. The number of nitrogens with one attached hydrogen (secondary N) is 1. The van der Waals surface area contributed by atoms with Crippen LogP contribution in [0.5, 0.6) is 0 Å². The number of carbonyl (C=O) groups excluding carboxylic acids is 1. The Kier molecular flexibility index (Phi) is 3.24. The van der Waals surface area contributed by atoms with Crippen molar-refractivity contribution in [3.8, 4) is 0 Å². The highest BCUT2D eigenvalue weighted by Gasteiger charge is 2.36. The van der Waals surface area contributed by atoms with Crippen LogP contribution in [0.25, 0.3) is 10.9 Å². The van der Waals surface area contributed by atoms with Gasteiger partial charge in [-0.2, -0.15) is 5.10 Å². The van der Waals surface area contributed by atoms with Gasteiger partial charge in [0.05, 0.1) is 10.4 Å². The number of aromatic nitrogens is 2. The maximum atomic E-state index is 12.5. The van der Waals surface area contributed by atoms with Crippen LogP contribution in [-0.4, -0.2) is 49.6 Å². The minimum atomic E-state index is -1.06. The lowest BCUT2D eigenvalue weighted by molar-refractivity contribution is -0.384. The van der Waals surface area contributed by atoms with Crippen molar-refractivity contribution in [2.75, 3.05) is 6.54 Å². The van der Waals surface area contributed by atoms with Gasteiger partial charge in [-0.25, -0.2) is 4.79 Å². The van der Waals surface area contributed by atoms with Crippen molar-refractivity contribution < 1.29 is 19.6 Å². The van der Waals surface area contributed by atoms with E-state index < -0.39 is 22.8 Å². The van der Waals surface area contributed by atoms with Crippen molar-refractivity contribution in [1.29, 1.82) is 0 Å². The number of carboxylic acids is 1. The highest BCUT2D eigenvalue weighted by molar-refractivity contribution is 6.06. The summed E-state index contributed by atoms with van der Waals surface area (Å²) in [6, 6.07) is 3.16. The highest BCUT2D eigenvalue weighted by Crippen LogP contribution is 2.26. The monoisotopic (exact) mass is 304 g/mol. The number of likely N-dealkylation sites (tertiary alicyclic amines) is 1. The summed E-state index contributed by atoms with van der Waals surface area (Å²) in [5, 5.41) is 26.8. The van der Waals surface area contributed by atoms with Crippen LogP contribution < -0.4 is 0 Å². The van der Waals surface area contributed by atoms with Gasteiger partial charge in [0.25, 0.3) is 11.6 Å². The van der Waals surface area contributed by atoms with Gasteiger partial charge in [-0.15, -0.1) is 0 Å². The van der Waals surface area contributed by atoms with Crippen molar-refractivity contribution in [2.24, 2.45) is 0 Å². The average Bonchev–Trinajstić information content (AvgIpc) is 3.12. The number of hydrogen-bond acceptors (Lipinski definition) is 5. The second kappa shape index (κ2) is 5.10. The van der Waals surface area contributed by atoms with Gasteiger partial charge in [0, 0.05) is 24.1 Å². The number of non-ortho nitro benzene ring substituents is 1. The van der Waals surface area contributed by atoms with Gasteiger partial charge in [0.1, 0.15) is 6.04 Å². The molecule has 0 aliphatic carbocycles. The molecule has 22 heavy (non-hydrogen) atoms. The minimum Gasteiger partial charge on any atom is -0.480 e. The van der Waals surface area contributed by atoms with Crippen LogP contribution in [-0.2, 0) is 4.79 Å². The highest BCUT2D eigenvalue weighted by atomic mass is 16.6. The summed E-state index contributed by atoms with van der Waals surface area (Å²) in [6.07, 6.45) is 0.995. The van der Waals surface area contributed by atoms with Crippen LogP contribution >= 0.6 is 0 Å². The van der Waals surface area contributed by atoms with E-state index in [1.807, 2.05) is 0 Å². The summed E-state index contributed by atoms with van der Waals surface area (Å²) in [6.45, 7) is 0.332. The molecule has 1 aliphatic rings. The summed E-state index contributed by atoms with van der Waals surface area (Å²) in [4.78, 5) is 35.2. The van der Waals surface area contributed by atoms with Crippen molar-refractivity contribution in [3.63, 3.8) is 0 Å². The molecule has 0 bridgehead atoms. The van der Waals surface area contributed by atoms with Crippen LogP contribution in [0.15, 0.2) is 18.2 Å². The largest absolute Gasteiger partial charge is 0.480 e. The molecule has 3 rings (SSSR count). The molecular weight excluding hydrogens is 292 g/mol. The van der Waals surface area contributed by atoms with E-state index in [1.165, 1.54) is 23.1 Å². The number of fused-ring (bicyclic) bond motifs is 1. The van der Waals surface area contributed by atoms with Crippen LogP contribution in [0.3, 0.4) is 0 Å². The Bertz CT molecular complexity index is 784. The molecule has 1 amide bonds. The van der Waals surface area contributed by atoms with Gasteiger partial charge >= 0.3 is 5.97 Å². The van der Waals surface area contributed by atoms with Gasteiger partial charge in [-0.05, 0) is 18.9 Å². The first-order valence-electron chi connectivity index (χ1n) is 6.65. The summed E-state index contributed by atoms with van der Waals surface area (Å²) >= 11 is 0. The van der Waals surface area contributed by atoms with Crippen LogP contribution in [0.4, 0.5) is 5.69 Å². The number of aliphatic carboxylic acids is 1. The fraction of sp³-hybridized carbons (Fsp3) is 0.308. The molecule has 1 aliphatic heterocycles. The molecule has 0 radical (unpaired) electrons. The van der Waals surface area contributed by atoms with Crippen molar-refractivity contribution in [2.45, 2.75) is 18.9 Å². The topological polar surface area (TPSA) is 129 Å². The van der Waals surface area contributed by atoms with Gasteiger partial charge in [-0.1, -0.05) is 0 Å². The average molecular weight is 304 g/mol. The lowest BCUT2D eigenvalue weighted by Gasteiger charge is -2.20. The Morgan fingerprint density at radius 1 is 1.45 bits per heavy atom. The summed E-state index contributed by atoms with van der Waals surface area (Å²) in [7, 11) is 0. The molecule has 2 aromatic rings. The number of nitrogens with zero attached hydrogens (tertiary/aromatic N) is 3. The zero-order valence-corrected chi connectivity index (χ0v) is 11.4. The summed E-state index contributed by atoms with van der Waals surface area (Å²) in [5.41, 5.74) is 0.339. The molecule has 1 atom stereocenters. The number of aromatic amines is 1. The first kappa shape index (κ1) is 14.0. The molecule has 1 fully saturated rings. The Balaban J connectivity index is 2.02. The normalized spacial score (nSPS) is 17.8. The second-order valence-electron chi connectivity index (χ2n) is 5.05. The van der Waals surface area contributed by atoms with E-state index in [0.29, 0.717) is 30.3 Å². The number of nitro benzene ring substituents is 1. The molecule has 9 nitrogen and oxygen atoms in total. The van der Waals surface area contributed by atoms with E-state index in [1.54, 1.807) is 0 Å². The Morgan fingerprint density at radius 3 is 2.91 bits per heavy atom. The number of rotatable bonds is 3. The Labute approximate surface area is 123 Å². The molecule has 2 N–H and O–H groups in total. The molecule has 0 saturated carbocycles. The predicted octanol–water partition coefficient (Wildman–Crippen LogP) is 1.16. The van der Waals surface area contributed by atoms with Crippen LogP contribution in [0.1, 0.15) is 23.3 Å². The van der Waals surface area contributed by atoms with E-state index in [9.17, 15) is 19.7 Å². The summed E-state index contributed by atoms with van der Waals surface area (Å²) < 4.78 is 0. The maximum Gasteiger partial charge on any atom is 0.326 e. The van der Waals surface area contributed by atoms with Crippen molar-refractivity contribution >= 4 is 28.5 Å². The first-order chi connectivity index (χ1) is 10.5. The lowest BCUT2D eigenvalue weighted by Crippen LogP contribution is -2.40. The van der Waals surface area contributed by atoms with E-state index in [0.717, 1.165) is 0 Å². The zero-order valence-electron chi connectivity index (χ0n) is 11.4. The van der Waals surface area contributed by atoms with E-state index in [2.05, 4.69) is 10.2 Å². The van der Waals surface area contributed by atoms with Crippen molar-refractivity contribution in [3.05, 3.63) is 34.0 Å². The molecule has 1 aromatic heterocycles. The third-order valence-electron chi connectivity index (χ3n) is 3.76. The molecule has 2 heterocycles. The third kappa shape index (κ3) is 2.16. The minimum absolute atomic E-state index is 0.00634. The molecule has 1 aromatic carbocycles. The molecule has 0 unspecified atom stereocenters. The fourth-order valence-electron chi connectivity index (χ4n) is 2.68. The number of benzene rings is 1. The van der Waals surface area contributed by atoms with Gasteiger partial charge in [-0.3, -0.25) is 20.0 Å². The van der Waals surface area contributed by atoms with Gasteiger partial charge < -0.3 is 10.0 Å². The fourth-order valence-corrected chi connectivity index (χ4v) is 2.68. The number of H-pyrrole nitrogens is 1. The number of amides is 1. The Morgan fingerprint density at radius 2 is 2.23 bits per heavy atom. The first-order valence-corrected chi connectivity index (χ1v) is 6.65. The predicted molar refractivity (Wildman–Crippen MR) is 74.4 cm³/mol. The van der Waals surface area contributed by atoms with E-state index in [-0.39, 0.29) is 11.4 Å². The van der Waals surface area contributed by atoms with Gasteiger partial charge in [0.2, 0.25) is 0 Å². The smallest absolute Gasteiger partial charge is 0.326 e. The van der Waals surface area contributed by atoms with E-state index >= 15 is 0 Å². The molecule has 0 spiro atoms. The maximum absolute atomic E-state index is 12.5. The Hall–Kier alpha value is -2.97. The lowest BCUT2D eigenvalue weighted by atomic mass is 10.1. The third-order valence-corrected chi connectivity index (χ3v) is 3.76. The van der Waals surface area contributed by atoms with Crippen LogP contribution in [0.2, 0.25) is 0 Å². The standard InChI is InChI=1S/C13H12N4O5/c18-12(16-5-1-2-10(16)13(19)20)11-8-6-7(17(21)22)3-4-9(8)14-15-11/h3-4,6,10H,1-2,5H2,(H,14,15)(H,19,20)/t10-/m1/s1. The number of carboxylic acid groups (broad SMARTS) is 1. The molecular formula is C13H12N4O5. The quantitative estimate of drug-likeness (QED) is 0.646. The van der Waals surface area contributed by atoms with Crippen LogP contribution in [0, 0.1) is 10.1 Å². The number of nitro groups is 1.